The Bertz CT molecular complexity index is 951. The molecule has 0 aliphatic rings. The van der Waals surface area contributed by atoms with Crippen molar-refractivity contribution >= 4 is 16.8 Å². The van der Waals surface area contributed by atoms with Gasteiger partial charge >= 0.3 is 0 Å². The Morgan fingerprint density at radius 2 is 1.85 bits per heavy atom. The van der Waals surface area contributed by atoms with Gasteiger partial charge in [-0.1, -0.05) is 30.3 Å². The first-order valence-corrected chi connectivity index (χ1v) is 8.74. The van der Waals surface area contributed by atoms with Gasteiger partial charge in [0.15, 0.2) is 0 Å². The highest BCUT2D eigenvalue weighted by Crippen LogP contribution is 2.13. The Labute approximate surface area is 151 Å². The Morgan fingerprint density at radius 3 is 2.65 bits per heavy atom. The monoisotopic (exact) mass is 352 g/mol. The van der Waals surface area contributed by atoms with Crippen LogP contribution in [-0.2, 0) is 17.6 Å². The number of hydrogen-bond acceptors (Lipinski definition) is 2. The second-order valence-electron chi connectivity index (χ2n) is 6.29. The third-order valence-electron chi connectivity index (χ3n) is 4.31. The molecule has 0 spiro atoms. The number of fused-ring (bicyclic) bond motifs is 1. The van der Waals surface area contributed by atoms with Crippen molar-refractivity contribution in [2.75, 3.05) is 6.54 Å². The van der Waals surface area contributed by atoms with Crippen LogP contribution < -0.4 is 10.9 Å². The minimum atomic E-state index is -0.393. The molecule has 1 amide bonds. The molecule has 0 aliphatic heterocycles. The first kappa shape index (κ1) is 17.9. The van der Waals surface area contributed by atoms with Crippen LogP contribution in [0.5, 0.6) is 0 Å². The highest BCUT2D eigenvalue weighted by Gasteiger charge is 2.07. The smallest absolute Gasteiger partial charge is 0.251 e. The van der Waals surface area contributed by atoms with E-state index in [2.05, 4.69) is 22.4 Å². The fraction of sp³-hybridized carbons (Fsp3) is 0.238. The lowest BCUT2D eigenvalue weighted by Gasteiger charge is -2.06. The summed E-state index contributed by atoms with van der Waals surface area (Å²) in [4.78, 5) is 26.7. The predicted molar refractivity (Wildman–Crippen MR) is 101 cm³/mol. The summed E-state index contributed by atoms with van der Waals surface area (Å²) < 4.78 is 13.2. The summed E-state index contributed by atoms with van der Waals surface area (Å²) in [7, 11) is 0. The van der Waals surface area contributed by atoms with Gasteiger partial charge in [-0.3, -0.25) is 9.59 Å². The molecule has 2 aromatic carbocycles. The van der Waals surface area contributed by atoms with E-state index in [9.17, 15) is 14.0 Å². The number of benzene rings is 2. The number of hydrogen-bond donors (Lipinski definition) is 2. The van der Waals surface area contributed by atoms with Crippen LogP contribution in [0.15, 0.2) is 59.4 Å². The van der Waals surface area contributed by atoms with Crippen LogP contribution in [-0.4, -0.2) is 17.4 Å². The van der Waals surface area contributed by atoms with E-state index in [-0.39, 0.29) is 17.9 Å². The van der Waals surface area contributed by atoms with Crippen LogP contribution >= 0.6 is 0 Å². The summed E-state index contributed by atoms with van der Waals surface area (Å²) >= 11 is 0. The molecule has 0 saturated carbocycles. The van der Waals surface area contributed by atoms with Gasteiger partial charge in [0.1, 0.15) is 5.82 Å². The molecular formula is C21H21FN2O2. The van der Waals surface area contributed by atoms with Crippen molar-refractivity contribution in [3.63, 3.8) is 0 Å². The minimum absolute atomic E-state index is 0.0725. The van der Waals surface area contributed by atoms with Crippen LogP contribution in [0, 0.1) is 5.82 Å². The summed E-state index contributed by atoms with van der Waals surface area (Å²) in [5.41, 5.74) is 1.97. The van der Waals surface area contributed by atoms with Crippen molar-refractivity contribution in [3.05, 3.63) is 81.9 Å². The van der Waals surface area contributed by atoms with Gasteiger partial charge in [-0.25, -0.2) is 4.39 Å². The Kier molecular flexibility index (Phi) is 5.79. The molecular weight excluding hydrogens is 331 g/mol. The second-order valence-corrected chi connectivity index (χ2v) is 6.29. The van der Waals surface area contributed by atoms with Crippen molar-refractivity contribution in [2.45, 2.75) is 25.7 Å². The second kappa shape index (κ2) is 8.43. The Balaban J connectivity index is 1.48. The summed E-state index contributed by atoms with van der Waals surface area (Å²) in [5, 5.41) is 3.64. The number of H-pyrrole nitrogens is 1. The third-order valence-corrected chi connectivity index (χ3v) is 4.31. The van der Waals surface area contributed by atoms with Gasteiger partial charge < -0.3 is 10.3 Å². The maximum Gasteiger partial charge on any atom is 0.251 e. The zero-order valence-electron chi connectivity index (χ0n) is 14.4. The molecule has 0 bridgehead atoms. The molecule has 0 atom stereocenters. The highest BCUT2D eigenvalue weighted by molar-refractivity contribution is 5.79. The van der Waals surface area contributed by atoms with Gasteiger partial charge in [0.05, 0.1) is 5.52 Å². The fourth-order valence-corrected chi connectivity index (χ4v) is 2.91. The number of aromatic amines is 1. The molecule has 4 nitrogen and oxygen atoms in total. The van der Waals surface area contributed by atoms with E-state index >= 15 is 0 Å². The van der Waals surface area contributed by atoms with Gasteiger partial charge in [0.2, 0.25) is 5.91 Å². The molecule has 3 aromatic rings. The molecule has 3 rings (SSSR count). The van der Waals surface area contributed by atoms with E-state index in [0.29, 0.717) is 24.0 Å². The molecule has 1 aromatic heterocycles. The molecule has 0 saturated heterocycles. The van der Waals surface area contributed by atoms with Crippen LogP contribution in [0.3, 0.4) is 0 Å². The van der Waals surface area contributed by atoms with E-state index < -0.39 is 5.82 Å². The van der Waals surface area contributed by atoms with Crippen LogP contribution in [0.2, 0.25) is 0 Å². The normalized spacial score (nSPS) is 10.8. The average molecular weight is 352 g/mol. The predicted octanol–water partition coefficient (Wildman–Crippen LogP) is 3.35. The first-order valence-electron chi connectivity index (χ1n) is 8.74. The molecule has 5 heteroatoms. The van der Waals surface area contributed by atoms with E-state index in [1.807, 2.05) is 18.2 Å². The number of rotatable bonds is 7. The molecule has 26 heavy (non-hydrogen) atoms. The van der Waals surface area contributed by atoms with Gasteiger partial charge in [0.25, 0.3) is 5.56 Å². The SMILES string of the molecule is O=C(CCc1cc2ccc(F)cc2[nH]c1=O)NCCCc1ccccc1. The molecule has 0 aliphatic carbocycles. The number of halogens is 1. The van der Waals surface area contributed by atoms with E-state index in [4.69, 9.17) is 0 Å². The van der Waals surface area contributed by atoms with Crippen molar-refractivity contribution in [1.82, 2.24) is 10.3 Å². The summed E-state index contributed by atoms with van der Waals surface area (Å²) in [6.45, 7) is 0.612. The number of aromatic nitrogens is 1. The van der Waals surface area contributed by atoms with Crippen molar-refractivity contribution < 1.29 is 9.18 Å². The zero-order valence-corrected chi connectivity index (χ0v) is 14.4. The maximum absolute atomic E-state index is 13.2. The van der Waals surface area contributed by atoms with Gasteiger partial charge in [-0.2, -0.15) is 0 Å². The molecule has 0 radical (unpaired) electrons. The molecule has 1 heterocycles. The zero-order chi connectivity index (χ0) is 18.4. The van der Waals surface area contributed by atoms with Crippen LogP contribution in [0.25, 0.3) is 10.9 Å². The van der Waals surface area contributed by atoms with Crippen LogP contribution in [0.1, 0.15) is 24.0 Å². The van der Waals surface area contributed by atoms with Gasteiger partial charge in [-0.15, -0.1) is 0 Å². The topological polar surface area (TPSA) is 62.0 Å². The van der Waals surface area contributed by atoms with Crippen molar-refractivity contribution in [3.8, 4) is 0 Å². The minimum Gasteiger partial charge on any atom is -0.356 e. The number of carbonyl (C=O) groups excluding carboxylic acids is 1. The van der Waals surface area contributed by atoms with E-state index in [0.717, 1.165) is 18.2 Å². The fourth-order valence-electron chi connectivity index (χ4n) is 2.91. The lowest BCUT2D eigenvalue weighted by atomic mass is 10.1. The van der Waals surface area contributed by atoms with Gasteiger partial charge in [-0.05, 0) is 54.5 Å². The number of pyridine rings is 1. The molecule has 2 N–H and O–H groups in total. The standard InChI is InChI=1S/C21H21FN2O2/c22-18-10-8-16-13-17(21(26)24-19(16)14-18)9-11-20(25)23-12-4-7-15-5-2-1-3-6-15/h1-3,5-6,8,10,13-14H,4,7,9,11-12H2,(H,23,25)(H,24,26). The summed E-state index contributed by atoms with van der Waals surface area (Å²) in [6, 6.07) is 16.1. The molecule has 0 unspecified atom stereocenters. The van der Waals surface area contributed by atoms with Crippen LogP contribution in [0.4, 0.5) is 4.39 Å². The Hall–Kier alpha value is -2.95. The Morgan fingerprint density at radius 1 is 1.04 bits per heavy atom. The third kappa shape index (κ3) is 4.79. The largest absolute Gasteiger partial charge is 0.356 e. The number of carbonyl (C=O) groups is 1. The lowest BCUT2D eigenvalue weighted by molar-refractivity contribution is -0.121. The number of nitrogens with one attached hydrogen (secondary N) is 2. The van der Waals surface area contributed by atoms with Crippen molar-refractivity contribution in [2.24, 2.45) is 0 Å². The molecule has 0 fully saturated rings. The summed E-state index contributed by atoms with van der Waals surface area (Å²) in [5.74, 6) is -0.465. The molecule has 134 valence electrons. The first-order chi connectivity index (χ1) is 12.6. The average Bonchev–Trinajstić information content (AvgIpc) is 2.64. The van der Waals surface area contributed by atoms with Gasteiger partial charge in [0, 0.05) is 18.5 Å². The van der Waals surface area contributed by atoms with Crippen molar-refractivity contribution in [1.29, 1.82) is 0 Å². The quantitative estimate of drug-likeness (QED) is 0.641. The highest BCUT2D eigenvalue weighted by atomic mass is 19.1. The summed E-state index contributed by atoms with van der Waals surface area (Å²) in [6.07, 6.45) is 2.40. The van der Waals surface area contributed by atoms with E-state index in [1.54, 1.807) is 12.1 Å². The number of aryl methyl sites for hydroxylation is 2. The maximum atomic E-state index is 13.2. The van der Waals surface area contributed by atoms with E-state index in [1.165, 1.54) is 17.7 Å². The lowest BCUT2D eigenvalue weighted by Crippen LogP contribution is -2.26. The number of amides is 1.